The third-order valence-corrected chi connectivity index (χ3v) is 5.99. The van der Waals surface area contributed by atoms with Crippen molar-refractivity contribution in [2.24, 2.45) is 5.41 Å². The molecule has 3 rings (SSSR count). The second-order valence-electron chi connectivity index (χ2n) is 7.66. The number of piperidine rings is 1. The van der Waals surface area contributed by atoms with Crippen LogP contribution in [-0.4, -0.2) is 55.0 Å². The molecule has 0 saturated carbocycles. The molecule has 2 heterocycles. The van der Waals surface area contributed by atoms with Crippen molar-refractivity contribution in [3.63, 3.8) is 0 Å². The molecule has 3 amide bonds. The van der Waals surface area contributed by atoms with Crippen LogP contribution < -0.4 is 5.32 Å². The SMILES string of the molecule is CN1CCC2(CCC1=O)CCN(C(=O)NCCc1ccc(F)cc1)CC2. The third kappa shape index (κ3) is 4.54. The van der Waals surface area contributed by atoms with Gasteiger partial charge < -0.3 is 15.1 Å². The second-order valence-corrected chi connectivity index (χ2v) is 7.66. The summed E-state index contributed by atoms with van der Waals surface area (Å²) in [6, 6.07) is 6.35. The molecule has 142 valence electrons. The Balaban J connectivity index is 1.43. The zero-order chi connectivity index (χ0) is 18.6. The first-order valence-electron chi connectivity index (χ1n) is 9.49. The topological polar surface area (TPSA) is 52.7 Å². The average molecular weight is 361 g/mol. The Bertz CT molecular complexity index is 639. The zero-order valence-corrected chi connectivity index (χ0v) is 15.5. The summed E-state index contributed by atoms with van der Waals surface area (Å²) in [5, 5.41) is 2.96. The van der Waals surface area contributed by atoms with Crippen molar-refractivity contribution in [2.45, 2.75) is 38.5 Å². The highest BCUT2D eigenvalue weighted by Crippen LogP contribution is 2.41. The van der Waals surface area contributed by atoms with Gasteiger partial charge in [0.25, 0.3) is 0 Å². The number of carbonyl (C=O) groups is 2. The van der Waals surface area contributed by atoms with Gasteiger partial charge in [-0.15, -0.1) is 0 Å². The summed E-state index contributed by atoms with van der Waals surface area (Å²) in [6.07, 6.45) is 5.24. The minimum absolute atomic E-state index is 0.0243. The molecule has 0 atom stereocenters. The van der Waals surface area contributed by atoms with Gasteiger partial charge >= 0.3 is 6.03 Å². The van der Waals surface area contributed by atoms with Gasteiger partial charge in [0.05, 0.1) is 0 Å². The minimum Gasteiger partial charge on any atom is -0.346 e. The number of nitrogens with one attached hydrogen (secondary N) is 1. The minimum atomic E-state index is -0.244. The van der Waals surface area contributed by atoms with Crippen molar-refractivity contribution in [2.75, 3.05) is 33.2 Å². The van der Waals surface area contributed by atoms with Gasteiger partial charge in [-0.1, -0.05) is 12.1 Å². The number of rotatable bonds is 3. The second kappa shape index (κ2) is 8.06. The zero-order valence-electron chi connectivity index (χ0n) is 15.5. The summed E-state index contributed by atoms with van der Waals surface area (Å²) < 4.78 is 12.9. The van der Waals surface area contributed by atoms with Gasteiger partial charge in [-0.05, 0) is 55.2 Å². The molecule has 0 bridgehead atoms. The quantitative estimate of drug-likeness (QED) is 0.900. The summed E-state index contributed by atoms with van der Waals surface area (Å²) in [6.45, 7) is 2.87. The maximum Gasteiger partial charge on any atom is 0.317 e. The molecule has 2 saturated heterocycles. The summed E-state index contributed by atoms with van der Waals surface area (Å²) in [5.74, 6) is -0.00530. The number of urea groups is 1. The smallest absolute Gasteiger partial charge is 0.317 e. The van der Waals surface area contributed by atoms with E-state index < -0.39 is 0 Å². The first-order valence-corrected chi connectivity index (χ1v) is 9.49. The van der Waals surface area contributed by atoms with Crippen molar-refractivity contribution in [3.05, 3.63) is 35.6 Å². The number of amides is 3. The molecule has 6 heteroatoms. The third-order valence-electron chi connectivity index (χ3n) is 5.99. The molecule has 2 aliphatic rings. The number of carbonyl (C=O) groups excluding carboxylic acids is 2. The lowest BCUT2D eigenvalue weighted by molar-refractivity contribution is -0.129. The Labute approximate surface area is 154 Å². The molecular weight excluding hydrogens is 333 g/mol. The van der Waals surface area contributed by atoms with E-state index in [1.54, 1.807) is 12.1 Å². The largest absolute Gasteiger partial charge is 0.346 e. The molecule has 5 nitrogen and oxygen atoms in total. The van der Waals surface area contributed by atoms with Crippen LogP contribution in [0, 0.1) is 11.2 Å². The molecule has 1 aromatic rings. The van der Waals surface area contributed by atoms with Crippen molar-refractivity contribution in [1.82, 2.24) is 15.1 Å². The predicted octanol–water partition coefficient (Wildman–Crippen LogP) is 2.80. The van der Waals surface area contributed by atoms with E-state index in [1.807, 2.05) is 16.8 Å². The van der Waals surface area contributed by atoms with E-state index in [1.165, 1.54) is 12.1 Å². The Kier molecular flexibility index (Phi) is 5.79. The molecular formula is C20H28FN3O2. The van der Waals surface area contributed by atoms with Crippen LogP contribution in [0.5, 0.6) is 0 Å². The number of likely N-dealkylation sites (tertiary alicyclic amines) is 2. The number of hydrogen-bond acceptors (Lipinski definition) is 2. The summed E-state index contributed by atoms with van der Waals surface area (Å²) in [4.78, 5) is 28.0. The number of halogens is 1. The van der Waals surface area contributed by atoms with Crippen LogP contribution >= 0.6 is 0 Å². The van der Waals surface area contributed by atoms with Crippen LogP contribution in [-0.2, 0) is 11.2 Å². The first kappa shape index (κ1) is 18.7. The van der Waals surface area contributed by atoms with Gasteiger partial charge in [0.15, 0.2) is 0 Å². The molecule has 0 aromatic heterocycles. The van der Waals surface area contributed by atoms with E-state index in [0.29, 0.717) is 19.4 Å². The van der Waals surface area contributed by atoms with E-state index in [2.05, 4.69) is 5.32 Å². The lowest BCUT2D eigenvalue weighted by Crippen LogP contribution is -2.48. The van der Waals surface area contributed by atoms with E-state index in [4.69, 9.17) is 0 Å². The van der Waals surface area contributed by atoms with Crippen LogP contribution in [0.25, 0.3) is 0 Å². The van der Waals surface area contributed by atoms with Crippen LogP contribution in [0.2, 0.25) is 0 Å². The van der Waals surface area contributed by atoms with Gasteiger partial charge in [0.1, 0.15) is 5.82 Å². The molecule has 0 aliphatic carbocycles. The lowest BCUT2D eigenvalue weighted by atomic mass is 9.73. The van der Waals surface area contributed by atoms with Crippen molar-refractivity contribution in [3.8, 4) is 0 Å². The summed E-state index contributed by atoms with van der Waals surface area (Å²) in [7, 11) is 1.88. The summed E-state index contributed by atoms with van der Waals surface area (Å²) in [5.41, 5.74) is 1.22. The molecule has 1 spiro atoms. The lowest BCUT2D eigenvalue weighted by Gasteiger charge is -2.41. The Morgan fingerprint density at radius 3 is 2.46 bits per heavy atom. The van der Waals surface area contributed by atoms with Gasteiger partial charge in [-0.2, -0.15) is 0 Å². The maximum atomic E-state index is 12.9. The molecule has 1 N–H and O–H groups in total. The number of benzene rings is 1. The van der Waals surface area contributed by atoms with E-state index >= 15 is 0 Å². The normalized spacial score (nSPS) is 20.2. The Hall–Kier alpha value is -2.11. The van der Waals surface area contributed by atoms with E-state index in [-0.39, 0.29) is 23.2 Å². The fraction of sp³-hybridized carbons (Fsp3) is 0.600. The fourth-order valence-electron chi connectivity index (χ4n) is 3.98. The van der Waals surface area contributed by atoms with Gasteiger partial charge in [0.2, 0.25) is 5.91 Å². The highest BCUT2D eigenvalue weighted by molar-refractivity contribution is 5.76. The van der Waals surface area contributed by atoms with Crippen LogP contribution in [0.4, 0.5) is 9.18 Å². The monoisotopic (exact) mass is 361 g/mol. The molecule has 2 aliphatic heterocycles. The van der Waals surface area contributed by atoms with Crippen LogP contribution in [0.3, 0.4) is 0 Å². The van der Waals surface area contributed by atoms with E-state index in [9.17, 15) is 14.0 Å². The highest BCUT2D eigenvalue weighted by atomic mass is 19.1. The Morgan fingerprint density at radius 2 is 1.77 bits per heavy atom. The maximum absolute atomic E-state index is 12.9. The predicted molar refractivity (Wildman–Crippen MR) is 98.2 cm³/mol. The molecule has 1 aromatic carbocycles. The van der Waals surface area contributed by atoms with Gasteiger partial charge in [-0.25, -0.2) is 9.18 Å². The Morgan fingerprint density at radius 1 is 1.12 bits per heavy atom. The standard InChI is InChI=1S/C20H28FN3O2/c1-23-13-9-20(8-6-18(23)25)10-14-24(15-11-20)19(26)22-12-7-16-2-4-17(21)5-3-16/h2-5H,6-15H2,1H3,(H,22,26). The van der Waals surface area contributed by atoms with Gasteiger partial charge in [0, 0.05) is 39.6 Å². The molecule has 0 radical (unpaired) electrons. The van der Waals surface area contributed by atoms with Gasteiger partial charge in [-0.3, -0.25) is 4.79 Å². The van der Waals surface area contributed by atoms with Crippen molar-refractivity contribution >= 4 is 11.9 Å². The summed E-state index contributed by atoms with van der Waals surface area (Å²) >= 11 is 0. The van der Waals surface area contributed by atoms with Crippen molar-refractivity contribution in [1.29, 1.82) is 0 Å². The van der Waals surface area contributed by atoms with Crippen LogP contribution in [0.15, 0.2) is 24.3 Å². The fourth-order valence-corrected chi connectivity index (χ4v) is 3.98. The molecule has 0 unspecified atom stereocenters. The number of hydrogen-bond donors (Lipinski definition) is 1. The number of nitrogens with zero attached hydrogens (tertiary/aromatic N) is 2. The van der Waals surface area contributed by atoms with E-state index in [0.717, 1.165) is 50.9 Å². The average Bonchev–Trinajstić information content (AvgIpc) is 2.78. The molecule has 26 heavy (non-hydrogen) atoms. The van der Waals surface area contributed by atoms with Crippen LogP contribution in [0.1, 0.15) is 37.7 Å². The molecule has 2 fully saturated rings. The first-order chi connectivity index (χ1) is 12.5. The van der Waals surface area contributed by atoms with Crippen molar-refractivity contribution < 1.29 is 14.0 Å². The highest BCUT2D eigenvalue weighted by Gasteiger charge is 2.38.